The van der Waals surface area contributed by atoms with Crippen LogP contribution in [0.4, 0.5) is 5.82 Å². The Morgan fingerprint density at radius 1 is 1.06 bits per heavy atom. The highest BCUT2D eigenvalue weighted by atomic mass is 15.4. The molecule has 0 aliphatic heterocycles. The minimum Gasteiger partial charge on any atom is -0.308 e. The molecule has 0 saturated carbocycles. The van der Waals surface area contributed by atoms with E-state index in [2.05, 4.69) is 20.7 Å². The predicted octanol–water partition coefficient (Wildman–Crippen LogP) is 1.10. The molecule has 0 aliphatic carbocycles. The standard InChI is InChI=1S/C11H10N6/c12-14-10-6-3-7-11(13-10)17-9-5-2-1-4-8(9)15-16-17/h1-7H,12H2,(H,13,14). The van der Waals surface area contributed by atoms with Gasteiger partial charge in [-0.15, -0.1) is 5.10 Å². The fourth-order valence-electron chi connectivity index (χ4n) is 1.66. The monoisotopic (exact) mass is 226 g/mol. The van der Waals surface area contributed by atoms with Crippen LogP contribution >= 0.6 is 0 Å². The number of aromatic nitrogens is 4. The summed E-state index contributed by atoms with van der Waals surface area (Å²) < 4.78 is 1.68. The number of pyridine rings is 1. The maximum Gasteiger partial charge on any atom is 0.158 e. The molecule has 0 bridgehead atoms. The molecule has 84 valence electrons. The van der Waals surface area contributed by atoms with Gasteiger partial charge in [-0.05, 0) is 24.3 Å². The maximum atomic E-state index is 5.33. The van der Waals surface area contributed by atoms with E-state index >= 15 is 0 Å². The van der Waals surface area contributed by atoms with E-state index < -0.39 is 0 Å². The summed E-state index contributed by atoms with van der Waals surface area (Å²) in [6.45, 7) is 0. The minimum absolute atomic E-state index is 0.585. The van der Waals surface area contributed by atoms with E-state index in [-0.39, 0.29) is 0 Å². The fraction of sp³-hybridized carbons (Fsp3) is 0. The summed E-state index contributed by atoms with van der Waals surface area (Å²) in [5.74, 6) is 6.59. The molecular formula is C11H10N6. The smallest absolute Gasteiger partial charge is 0.158 e. The van der Waals surface area contributed by atoms with Crippen LogP contribution in [0.15, 0.2) is 42.5 Å². The van der Waals surface area contributed by atoms with Gasteiger partial charge in [0.1, 0.15) is 11.3 Å². The molecule has 17 heavy (non-hydrogen) atoms. The third kappa shape index (κ3) is 1.60. The highest BCUT2D eigenvalue weighted by molar-refractivity contribution is 5.75. The molecule has 0 saturated heterocycles. The second kappa shape index (κ2) is 3.84. The first-order valence-electron chi connectivity index (χ1n) is 5.13. The van der Waals surface area contributed by atoms with E-state index in [9.17, 15) is 0 Å². The van der Waals surface area contributed by atoms with Crippen molar-refractivity contribution in [2.45, 2.75) is 0 Å². The Balaban J connectivity index is 2.20. The third-order valence-electron chi connectivity index (χ3n) is 2.45. The van der Waals surface area contributed by atoms with Gasteiger partial charge in [0, 0.05) is 0 Å². The van der Waals surface area contributed by atoms with Crippen molar-refractivity contribution in [1.29, 1.82) is 0 Å². The first-order chi connectivity index (χ1) is 8.38. The maximum absolute atomic E-state index is 5.33. The average molecular weight is 226 g/mol. The summed E-state index contributed by atoms with van der Waals surface area (Å²) in [6.07, 6.45) is 0. The molecule has 2 aromatic heterocycles. The summed E-state index contributed by atoms with van der Waals surface area (Å²) in [4.78, 5) is 4.31. The number of fused-ring (bicyclic) bond motifs is 1. The number of hydrazine groups is 1. The van der Waals surface area contributed by atoms with Crippen molar-refractivity contribution in [2.24, 2.45) is 5.84 Å². The van der Waals surface area contributed by atoms with E-state index in [1.165, 1.54) is 0 Å². The molecule has 1 aromatic carbocycles. The predicted molar refractivity (Wildman–Crippen MR) is 64.5 cm³/mol. The van der Waals surface area contributed by atoms with Gasteiger partial charge in [0.2, 0.25) is 0 Å². The molecule has 2 heterocycles. The van der Waals surface area contributed by atoms with Crippen LogP contribution in [-0.4, -0.2) is 20.0 Å². The second-order valence-corrected chi connectivity index (χ2v) is 3.52. The highest BCUT2D eigenvalue weighted by Crippen LogP contribution is 2.15. The van der Waals surface area contributed by atoms with Crippen molar-refractivity contribution in [3.63, 3.8) is 0 Å². The van der Waals surface area contributed by atoms with Gasteiger partial charge in [0.05, 0.1) is 5.52 Å². The van der Waals surface area contributed by atoms with Crippen LogP contribution in [0.1, 0.15) is 0 Å². The summed E-state index contributed by atoms with van der Waals surface area (Å²) >= 11 is 0. The van der Waals surface area contributed by atoms with E-state index in [4.69, 9.17) is 5.84 Å². The number of benzene rings is 1. The molecular weight excluding hydrogens is 216 g/mol. The van der Waals surface area contributed by atoms with Crippen LogP contribution in [0.25, 0.3) is 16.9 Å². The van der Waals surface area contributed by atoms with E-state index in [0.717, 1.165) is 11.0 Å². The highest BCUT2D eigenvalue weighted by Gasteiger charge is 2.06. The molecule has 0 amide bonds. The lowest BCUT2D eigenvalue weighted by atomic mass is 10.3. The summed E-state index contributed by atoms with van der Waals surface area (Å²) in [7, 11) is 0. The Bertz CT molecular complexity index is 660. The molecule has 3 aromatic rings. The Kier molecular flexibility index (Phi) is 2.20. The van der Waals surface area contributed by atoms with Gasteiger partial charge in [-0.25, -0.2) is 10.8 Å². The van der Waals surface area contributed by atoms with Crippen molar-refractivity contribution in [2.75, 3.05) is 5.43 Å². The summed E-state index contributed by atoms with van der Waals surface area (Å²) in [5.41, 5.74) is 4.25. The van der Waals surface area contributed by atoms with Gasteiger partial charge in [-0.3, -0.25) is 0 Å². The summed E-state index contributed by atoms with van der Waals surface area (Å²) in [5, 5.41) is 8.15. The Morgan fingerprint density at radius 3 is 2.82 bits per heavy atom. The first-order valence-corrected chi connectivity index (χ1v) is 5.13. The molecule has 6 heteroatoms. The van der Waals surface area contributed by atoms with Crippen LogP contribution in [0.2, 0.25) is 0 Å². The van der Waals surface area contributed by atoms with Crippen molar-refractivity contribution in [3.05, 3.63) is 42.5 Å². The number of anilines is 1. The van der Waals surface area contributed by atoms with Crippen LogP contribution in [0, 0.1) is 0 Å². The molecule has 3 N–H and O–H groups in total. The van der Waals surface area contributed by atoms with E-state index in [0.29, 0.717) is 11.6 Å². The van der Waals surface area contributed by atoms with Crippen LogP contribution in [0.5, 0.6) is 0 Å². The zero-order valence-corrected chi connectivity index (χ0v) is 8.91. The number of rotatable bonds is 2. The largest absolute Gasteiger partial charge is 0.308 e. The number of para-hydroxylation sites is 1. The van der Waals surface area contributed by atoms with Gasteiger partial charge in [-0.1, -0.05) is 23.4 Å². The lowest BCUT2D eigenvalue weighted by Gasteiger charge is -2.03. The zero-order valence-electron chi connectivity index (χ0n) is 8.91. The SMILES string of the molecule is NNc1cccc(-n2nnc3ccccc32)n1. The van der Waals surface area contributed by atoms with Gasteiger partial charge >= 0.3 is 0 Å². The number of nitrogens with one attached hydrogen (secondary N) is 1. The molecule has 0 atom stereocenters. The third-order valence-corrected chi connectivity index (χ3v) is 2.45. The quantitative estimate of drug-likeness (QED) is 0.505. The minimum atomic E-state index is 0.585. The van der Waals surface area contributed by atoms with E-state index in [1.807, 2.05) is 36.4 Å². The molecule has 3 rings (SSSR count). The number of hydrogen-bond acceptors (Lipinski definition) is 5. The molecule has 0 spiro atoms. The Morgan fingerprint density at radius 2 is 1.94 bits per heavy atom. The van der Waals surface area contributed by atoms with Crippen molar-refractivity contribution < 1.29 is 0 Å². The second-order valence-electron chi connectivity index (χ2n) is 3.52. The lowest BCUT2D eigenvalue weighted by molar-refractivity contribution is 0.802. The molecule has 0 unspecified atom stereocenters. The molecule has 0 aliphatic rings. The summed E-state index contributed by atoms with van der Waals surface area (Å²) in [6, 6.07) is 13.2. The molecule has 6 nitrogen and oxygen atoms in total. The topological polar surface area (TPSA) is 81.6 Å². The van der Waals surface area contributed by atoms with E-state index in [1.54, 1.807) is 10.7 Å². The zero-order chi connectivity index (χ0) is 11.7. The van der Waals surface area contributed by atoms with Gasteiger partial charge < -0.3 is 5.43 Å². The van der Waals surface area contributed by atoms with Crippen LogP contribution in [-0.2, 0) is 0 Å². The molecule has 0 radical (unpaired) electrons. The number of nitrogen functional groups attached to an aromatic ring is 1. The number of nitrogens with zero attached hydrogens (tertiary/aromatic N) is 4. The fourth-order valence-corrected chi connectivity index (χ4v) is 1.66. The van der Waals surface area contributed by atoms with Crippen molar-refractivity contribution in [1.82, 2.24) is 20.0 Å². The van der Waals surface area contributed by atoms with Crippen molar-refractivity contribution >= 4 is 16.9 Å². The van der Waals surface area contributed by atoms with Crippen LogP contribution in [0.3, 0.4) is 0 Å². The van der Waals surface area contributed by atoms with Crippen molar-refractivity contribution in [3.8, 4) is 5.82 Å². The van der Waals surface area contributed by atoms with Gasteiger partial charge in [-0.2, -0.15) is 4.68 Å². The Labute approximate surface area is 97.0 Å². The van der Waals surface area contributed by atoms with Gasteiger partial charge in [0.25, 0.3) is 0 Å². The average Bonchev–Trinajstić information content (AvgIpc) is 2.82. The van der Waals surface area contributed by atoms with Gasteiger partial charge in [0.15, 0.2) is 5.82 Å². The first kappa shape index (κ1) is 9.73. The number of nitrogens with two attached hydrogens (primary N) is 1. The molecule has 0 fully saturated rings. The number of hydrogen-bond donors (Lipinski definition) is 2. The normalized spacial score (nSPS) is 10.6. The van der Waals surface area contributed by atoms with Crippen LogP contribution < -0.4 is 11.3 Å². The lowest BCUT2D eigenvalue weighted by Crippen LogP contribution is -2.10. The Hall–Kier alpha value is -2.47.